The number of para-hydroxylation sites is 1. The second-order valence-corrected chi connectivity index (χ2v) is 4.67. The number of ether oxygens (including phenoxy) is 2. The molecule has 1 heterocycles. The van der Waals surface area contributed by atoms with E-state index in [1.165, 1.54) is 12.1 Å². The fraction of sp³-hybridized carbons (Fsp3) is 0.188. The molecule has 8 heteroatoms. The maximum atomic E-state index is 12.0. The molecule has 0 spiro atoms. The van der Waals surface area contributed by atoms with Gasteiger partial charge in [-0.3, -0.25) is 9.78 Å². The Labute approximate surface area is 135 Å². The van der Waals surface area contributed by atoms with Gasteiger partial charge in [-0.2, -0.15) is 13.2 Å². The largest absolute Gasteiger partial charge is 0.487 e. The van der Waals surface area contributed by atoms with Gasteiger partial charge in [-0.25, -0.2) is 4.79 Å². The topological polar surface area (TPSA) is 65.5 Å². The van der Waals surface area contributed by atoms with Gasteiger partial charge in [-0.1, -0.05) is 12.1 Å². The molecule has 0 fully saturated rings. The zero-order chi connectivity index (χ0) is 17.6. The van der Waals surface area contributed by atoms with Gasteiger partial charge in [0.15, 0.2) is 12.9 Å². The number of aromatic nitrogens is 1. The molecule has 2 rings (SSSR count). The van der Waals surface area contributed by atoms with Crippen molar-refractivity contribution >= 4 is 12.3 Å². The van der Waals surface area contributed by atoms with Gasteiger partial charge in [0.05, 0.1) is 16.8 Å². The van der Waals surface area contributed by atoms with Gasteiger partial charge >= 0.3 is 12.1 Å². The number of nitrogens with zero attached hydrogens (tertiary/aromatic N) is 1. The zero-order valence-electron chi connectivity index (χ0n) is 12.2. The molecule has 0 unspecified atom stereocenters. The number of hydrogen-bond donors (Lipinski definition) is 0. The first kappa shape index (κ1) is 17.5. The molecule has 0 bridgehead atoms. The molecule has 0 amide bonds. The van der Waals surface area contributed by atoms with Crippen molar-refractivity contribution in [1.82, 2.24) is 4.98 Å². The summed E-state index contributed by atoms with van der Waals surface area (Å²) in [7, 11) is 0. The van der Waals surface area contributed by atoms with E-state index in [0.29, 0.717) is 23.3 Å². The Bertz CT molecular complexity index is 714. The number of carbonyl (C=O) groups excluding carboxylic acids is 2. The van der Waals surface area contributed by atoms with E-state index in [4.69, 9.17) is 4.74 Å². The standard InChI is InChI=1S/C16H12F3NO4/c17-16(18,19)10-24-15(22)11-5-6-13(20-7-11)9-23-14-4-2-1-3-12(14)8-21/h1-8H,9-10H2. The summed E-state index contributed by atoms with van der Waals surface area (Å²) in [5, 5.41) is 0. The molecule has 2 aromatic rings. The van der Waals surface area contributed by atoms with Crippen molar-refractivity contribution in [2.24, 2.45) is 0 Å². The average Bonchev–Trinajstić information content (AvgIpc) is 2.58. The summed E-state index contributed by atoms with van der Waals surface area (Å²) >= 11 is 0. The Morgan fingerprint density at radius 3 is 2.54 bits per heavy atom. The fourth-order valence-corrected chi connectivity index (χ4v) is 1.72. The summed E-state index contributed by atoms with van der Waals surface area (Å²) in [6.45, 7) is -1.62. The van der Waals surface area contributed by atoms with E-state index < -0.39 is 18.8 Å². The summed E-state index contributed by atoms with van der Waals surface area (Å²) in [6.07, 6.45) is -2.83. The molecule has 0 aliphatic carbocycles. The molecule has 0 aliphatic heterocycles. The number of alkyl halides is 3. The highest BCUT2D eigenvalue weighted by Crippen LogP contribution is 2.18. The van der Waals surface area contributed by atoms with Crippen LogP contribution in [0, 0.1) is 0 Å². The fourth-order valence-electron chi connectivity index (χ4n) is 1.72. The molecular formula is C16H12F3NO4. The number of benzene rings is 1. The lowest BCUT2D eigenvalue weighted by molar-refractivity contribution is -0.161. The van der Waals surface area contributed by atoms with Gasteiger partial charge < -0.3 is 9.47 Å². The first-order chi connectivity index (χ1) is 11.4. The molecule has 1 aromatic carbocycles. The smallest absolute Gasteiger partial charge is 0.422 e. The summed E-state index contributed by atoms with van der Waals surface area (Å²) < 4.78 is 45.5. The Morgan fingerprint density at radius 1 is 1.17 bits per heavy atom. The predicted octanol–water partition coefficient (Wildman–Crippen LogP) is 3.19. The Hall–Kier alpha value is -2.90. The van der Waals surface area contributed by atoms with Crippen LogP contribution in [0.2, 0.25) is 0 Å². The molecular weight excluding hydrogens is 327 g/mol. The number of esters is 1. The van der Waals surface area contributed by atoms with Crippen LogP contribution in [0.3, 0.4) is 0 Å². The van der Waals surface area contributed by atoms with E-state index in [2.05, 4.69) is 9.72 Å². The highest BCUT2D eigenvalue weighted by molar-refractivity contribution is 5.89. The summed E-state index contributed by atoms with van der Waals surface area (Å²) in [6, 6.07) is 9.32. The Morgan fingerprint density at radius 2 is 1.92 bits per heavy atom. The third-order valence-corrected chi connectivity index (χ3v) is 2.85. The van der Waals surface area contributed by atoms with Gasteiger partial charge in [-0.05, 0) is 24.3 Å². The predicted molar refractivity (Wildman–Crippen MR) is 76.7 cm³/mol. The second kappa shape index (κ2) is 7.58. The van der Waals surface area contributed by atoms with Gasteiger partial charge in [0.2, 0.25) is 0 Å². The molecule has 0 saturated heterocycles. The molecule has 24 heavy (non-hydrogen) atoms. The molecule has 0 radical (unpaired) electrons. The minimum absolute atomic E-state index is 0.0305. The Balaban J connectivity index is 1.94. The van der Waals surface area contributed by atoms with Gasteiger partial charge in [-0.15, -0.1) is 0 Å². The number of hydrogen-bond acceptors (Lipinski definition) is 5. The van der Waals surface area contributed by atoms with Crippen LogP contribution in [0.25, 0.3) is 0 Å². The normalized spacial score (nSPS) is 11.0. The van der Waals surface area contributed by atoms with E-state index in [1.54, 1.807) is 24.3 Å². The van der Waals surface area contributed by atoms with Gasteiger partial charge in [0.1, 0.15) is 12.4 Å². The van der Waals surface area contributed by atoms with Crippen molar-refractivity contribution in [3.63, 3.8) is 0 Å². The number of halogens is 3. The van der Waals surface area contributed by atoms with Crippen molar-refractivity contribution in [2.45, 2.75) is 12.8 Å². The molecule has 0 atom stereocenters. The van der Waals surface area contributed by atoms with E-state index in [0.717, 1.165) is 6.20 Å². The highest BCUT2D eigenvalue weighted by Gasteiger charge is 2.29. The van der Waals surface area contributed by atoms with Crippen LogP contribution in [0.4, 0.5) is 13.2 Å². The molecule has 1 aromatic heterocycles. The third-order valence-electron chi connectivity index (χ3n) is 2.85. The van der Waals surface area contributed by atoms with Crippen LogP contribution in [-0.4, -0.2) is 30.0 Å². The number of rotatable bonds is 6. The molecule has 5 nitrogen and oxygen atoms in total. The number of aldehydes is 1. The maximum absolute atomic E-state index is 12.0. The van der Waals surface area contributed by atoms with Crippen molar-refractivity contribution in [1.29, 1.82) is 0 Å². The first-order valence-electron chi connectivity index (χ1n) is 6.75. The molecule has 0 aliphatic rings. The molecule has 126 valence electrons. The van der Waals surface area contributed by atoms with Gasteiger partial charge in [0.25, 0.3) is 0 Å². The summed E-state index contributed by atoms with van der Waals surface area (Å²) in [5.74, 6) is -0.735. The third kappa shape index (κ3) is 5.08. The van der Waals surface area contributed by atoms with Crippen LogP contribution in [0.5, 0.6) is 5.75 Å². The number of pyridine rings is 1. The average molecular weight is 339 g/mol. The van der Waals surface area contributed by atoms with Crippen LogP contribution < -0.4 is 4.74 Å². The monoisotopic (exact) mass is 339 g/mol. The van der Waals surface area contributed by atoms with Crippen molar-refractivity contribution in [3.05, 3.63) is 59.4 Å². The van der Waals surface area contributed by atoms with Crippen LogP contribution >= 0.6 is 0 Å². The van der Waals surface area contributed by atoms with E-state index in [-0.39, 0.29) is 12.2 Å². The van der Waals surface area contributed by atoms with Gasteiger partial charge in [0, 0.05) is 6.20 Å². The molecule has 0 saturated carbocycles. The second-order valence-electron chi connectivity index (χ2n) is 4.67. The van der Waals surface area contributed by atoms with Crippen LogP contribution in [0.15, 0.2) is 42.6 Å². The van der Waals surface area contributed by atoms with E-state index in [9.17, 15) is 22.8 Å². The van der Waals surface area contributed by atoms with Crippen LogP contribution in [0.1, 0.15) is 26.4 Å². The quantitative estimate of drug-likeness (QED) is 0.597. The SMILES string of the molecule is O=Cc1ccccc1OCc1ccc(C(=O)OCC(F)(F)F)cn1. The lowest BCUT2D eigenvalue weighted by atomic mass is 10.2. The summed E-state index contributed by atoms with van der Waals surface area (Å²) in [4.78, 5) is 26.2. The molecule has 0 N–H and O–H groups in total. The van der Waals surface area contributed by atoms with Crippen molar-refractivity contribution in [2.75, 3.05) is 6.61 Å². The first-order valence-corrected chi connectivity index (χ1v) is 6.75. The van der Waals surface area contributed by atoms with Crippen molar-refractivity contribution < 1.29 is 32.2 Å². The minimum atomic E-state index is -4.58. The Kier molecular flexibility index (Phi) is 5.51. The van der Waals surface area contributed by atoms with Crippen LogP contribution in [-0.2, 0) is 11.3 Å². The minimum Gasteiger partial charge on any atom is -0.487 e. The summed E-state index contributed by atoms with van der Waals surface area (Å²) in [5.41, 5.74) is 0.712. The van der Waals surface area contributed by atoms with E-state index in [1.807, 2.05) is 0 Å². The lowest BCUT2D eigenvalue weighted by Crippen LogP contribution is -2.20. The number of carbonyl (C=O) groups is 2. The maximum Gasteiger partial charge on any atom is 0.422 e. The van der Waals surface area contributed by atoms with Crippen molar-refractivity contribution in [3.8, 4) is 5.75 Å². The lowest BCUT2D eigenvalue weighted by Gasteiger charge is -2.09. The highest BCUT2D eigenvalue weighted by atomic mass is 19.4. The zero-order valence-corrected chi connectivity index (χ0v) is 12.2. The van der Waals surface area contributed by atoms with E-state index >= 15 is 0 Å².